The highest BCUT2D eigenvalue weighted by Crippen LogP contribution is 2.32. The van der Waals surface area contributed by atoms with Crippen molar-refractivity contribution in [3.8, 4) is 17.0 Å². The van der Waals surface area contributed by atoms with E-state index in [0.717, 1.165) is 33.7 Å². The number of aromatic nitrogens is 3. The fourth-order valence-electron chi connectivity index (χ4n) is 2.61. The van der Waals surface area contributed by atoms with Crippen molar-refractivity contribution < 1.29 is 5.11 Å². The molecule has 0 saturated carbocycles. The molecule has 0 unspecified atom stereocenters. The van der Waals surface area contributed by atoms with Crippen molar-refractivity contribution in [3.05, 3.63) is 47.5 Å². The second kappa shape index (κ2) is 4.09. The van der Waals surface area contributed by atoms with Gasteiger partial charge >= 0.3 is 0 Å². The molecule has 0 fully saturated rings. The number of imidazole rings is 1. The second-order valence-corrected chi connectivity index (χ2v) is 4.80. The minimum absolute atomic E-state index is 0.294. The Kier molecular flexibility index (Phi) is 2.52. The molecular weight excluding hydrogens is 238 g/mol. The molecule has 4 nitrogen and oxygen atoms in total. The van der Waals surface area contributed by atoms with E-state index in [4.69, 9.17) is 0 Å². The largest absolute Gasteiger partial charge is 0.508 e. The first-order valence-corrected chi connectivity index (χ1v) is 6.17. The summed E-state index contributed by atoms with van der Waals surface area (Å²) in [5, 5.41) is 9.67. The molecule has 0 bridgehead atoms. The molecule has 4 heteroatoms. The van der Waals surface area contributed by atoms with Crippen molar-refractivity contribution >= 4 is 5.65 Å². The fourth-order valence-corrected chi connectivity index (χ4v) is 2.61. The highest BCUT2D eigenvalue weighted by atomic mass is 16.3. The monoisotopic (exact) mass is 253 g/mol. The molecule has 1 N–H and O–H groups in total. The zero-order valence-corrected chi connectivity index (χ0v) is 11.2. The normalized spacial score (nSPS) is 11.1. The summed E-state index contributed by atoms with van der Waals surface area (Å²) in [5.74, 6) is 0.294. The Morgan fingerprint density at radius 1 is 1.05 bits per heavy atom. The van der Waals surface area contributed by atoms with Crippen molar-refractivity contribution in [1.82, 2.24) is 14.4 Å². The maximum Gasteiger partial charge on any atom is 0.155 e. The molecule has 3 rings (SSSR count). The molecule has 0 spiro atoms. The average molecular weight is 253 g/mol. The molecule has 3 aromatic rings. The Bertz CT molecular complexity index is 751. The Morgan fingerprint density at radius 3 is 2.42 bits per heavy atom. The zero-order chi connectivity index (χ0) is 13.6. The summed E-state index contributed by atoms with van der Waals surface area (Å²) >= 11 is 0. The Labute approximate surface area is 111 Å². The van der Waals surface area contributed by atoms with E-state index in [2.05, 4.69) is 9.97 Å². The van der Waals surface area contributed by atoms with Gasteiger partial charge in [-0.05, 0) is 44.0 Å². The molecule has 0 radical (unpaired) electrons. The Morgan fingerprint density at radius 2 is 1.74 bits per heavy atom. The number of aromatic hydroxyl groups is 1. The molecule has 0 saturated heterocycles. The number of hydrogen-bond acceptors (Lipinski definition) is 3. The molecule has 0 aliphatic rings. The van der Waals surface area contributed by atoms with Crippen LogP contribution in [0, 0.1) is 20.8 Å². The van der Waals surface area contributed by atoms with Crippen molar-refractivity contribution in [1.29, 1.82) is 0 Å². The lowest BCUT2D eigenvalue weighted by atomic mass is 9.98. The van der Waals surface area contributed by atoms with Gasteiger partial charge in [-0.2, -0.15) is 0 Å². The van der Waals surface area contributed by atoms with Crippen LogP contribution in [0.25, 0.3) is 16.9 Å². The summed E-state index contributed by atoms with van der Waals surface area (Å²) < 4.78 is 2.04. The summed E-state index contributed by atoms with van der Waals surface area (Å²) in [4.78, 5) is 8.69. The number of nitrogens with zero attached hydrogens (tertiary/aromatic N) is 3. The lowest BCUT2D eigenvalue weighted by Crippen LogP contribution is -2.00. The minimum Gasteiger partial charge on any atom is -0.508 e. The number of hydrogen-bond donors (Lipinski definition) is 1. The van der Waals surface area contributed by atoms with E-state index in [1.54, 1.807) is 24.5 Å². The van der Waals surface area contributed by atoms with Crippen LogP contribution < -0.4 is 0 Å². The van der Waals surface area contributed by atoms with E-state index >= 15 is 0 Å². The van der Waals surface area contributed by atoms with Crippen LogP contribution in [0.2, 0.25) is 0 Å². The average Bonchev–Trinajstić information content (AvgIpc) is 2.79. The summed E-state index contributed by atoms with van der Waals surface area (Å²) in [6, 6.07) is 3.55. The molecule has 2 heterocycles. The second-order valence-electron chi connectivity index (χ2n) is 4.80. The van der Waals surface area contributed by atoms with Crippen molar-refractivity contribution in [2.45, 2.75) is 20.8 Å². The van der Waals surface area contributed by atoms with E-state index in [9.17, 15) is 5.11 Å². The number of benzene rings is 1. The molecule has 19 heavy (non-hydrogen) atoms. The van der Waals surface area contributed by atoms with Gasteiger partial charge in [-0.1, -0.05) is 0 Å². The van der Waals surface area contributed by atoms with Gasteiger partial charge < -0.3 is 5.11 Å². The van der Waals surface area contributed by atoms with Gasteiger partial charge in [0.25, 0.3) is 0 Å². The van der Waals surface area contributed by atoms with Gasteiger partial charge in [0.05, 0.1) is 17.6 Å². The SMILES string of the molecule is Cc1cc(O)cc(C)c1-c1c(C)ncc2nccn12. The molecule has 2 aromatic heterocycles. The fraction of sp³-hybridized carbons (Fsp3) is 0.200. The van der Waals surface area contributed by atoms with Crippen LogP contribution in [0.5, 0.6) is 5.75 Å². The van der Waals surface area contributed by atoms with Gasteiger partial charge in [0.2, 0.25) is 0 Å². The standard InChI is InChI=1S/C15H15N3O/c1-9-6-12(19)7-10(2)14(9)15-11(3)17-8-13-16-4-5-18(13)15/h4-8,19H,1-3H3. The van der Waals surface area contributed by atoms with E-state index in [-0.39, 0.29) is 0 Å². The van der Waals surface area contributed by atoms with Crippen LogP contribution in [0.3, 0.4) is 0 Å². The first kappa shape index (κ1) is 11.7. The lowest BCUT2D eigenvalue weighted by molar-refractivity contribution is 0.474. The number of phenolic OH excluding ortho intramolecular Hbond substituents is 1. The van der Waals surface area contributed by atoms with Crippen molar-refractivity contribution in [3.63, 3.8) is 0 Å². The van der Waals surface area contributed by atoms with Crippen LogP contribution in [-0.2, 0) is 0 Å². The van der Waals surface area contributed by atoms with E-state index in [1.807, 2.05) is 31.4 Å². The Balaban J connectivity index is 2.42. The third kappa shape index (κ3) is 1.76. The number of phenols is 1. The third-order valence-corrected chi connectivity index (χ3v) is 3.38. The molecule has 0 amide bonds. The summed E-state index contributed by atoms with van der Waals surface area (Å²) in [5.41, 5.74) is 5.97. The molecule has 96 valence electrons. The predicted molar refractivity (Wildman–Crippen MR) is 74.3 cm³/mol. The van der Waals surface area contributed by atoms with Gasteiger partial charge in [0.1, 0.15) is 5.75 Å². The smallest absolute Gasteiger partial charge is 0.155 e. The van der Waals surface area contributed by atoms with Gasteiger partial charge in [-0.25, -0.2) is 4.98 Å². The van der Waals surface area contributed by atoms with Crippen molar-refractivity contribution in [2.75, 3.05) is 0 Å². The van der Waals surface area contributed by atoms with Crippen LogP contribution in [0.1, 0.15) is 16.8 Å². The van der Waals surface area contributed by atoms with Crippen LogP contribution in [-0.4, -0.2) is 19.5 Å². The summed E-state index contributed by atoms with van der Waals surface area (Å²) in [6.45, 7) is 5.98. The lowest BCUT2D eigenvalue weighted by Gasteiger charge is -2.14. The third-order valence-electron chi connectivity index (χ3n) is 3.38. The molecule has 0 atom stereocenters. The van der Waals surface area contributed by atoms with E-state index in [1.165, 1.54) is 0 Å². The number of aryl methyl sites for hydroxylation is 3. The maximum absolute atomic E-state index is 9.67. The first-order valence-electron chi connectivity index (χ1n) is 6.17. The van der Waals surface area contributed by atoms with Crippen LogP contribution in [0.15, 0.2) is 30.7 Å². The number of rotatable bonds is 1. The number of fused-ring (bicyclic) bond motifs is 1. The van der Waals surface area contributed by atoms with Gasteiger partial charge in [-0.15, -0.1) is 0 Å². The summed E-state index contributed by atoms with van der Waals surface area (Å²) in [6.07, 6.45) is 5.47. The van der Waals surface area contributed by atoms with Crippen molar-refractivity contribution in [2.24, 2.45) is 0 Å². The van der Waals surface area contributed by atoms with Gasteiger partial charge in [0, 0.05) is 18.0 Å². The topological polar surface area (TPSA) is 50.4 Å². The molecule has 0 aliphatic carbocycles. The van der Waals surface area contributed by atoms with Crippen LogP contribution in [0.4, 0.5) is 0 Å². The predicted octanol–water partition coefficient (Wildman–Crippen LogP) is 3.03. The quantitative estimate of drug-likeness (QED) is 0.725. The Hall–Kier alpha value is -2.36. The molecule has 1 aromatic carbocycles. The van der Waals surface area contributed by atoms with Gasteiger partial charge in [-0.3, -0.25) is 9.38 Å². The minimum atomic E-state index is 0.294. The molecule has 0 aliphatic heterocycles. The molecular formula is C15H15N3O. The summed E-state index contributed by atoms with van der Waals surface area (Å²) in [7, 11) is 0. The van der Waals surface area contributed by atoms with Gasteiger partial charge in [0.15, 0.2) is 5.65 Å². The highest BCUT2D eigenvalue weighted by Gasteiger charge is 2.14. The first-order chi connectivity index (χ1) is 9.08. The maximum atomic E-state index is 9.67. The zero-order valence-electron chi connectivity index (χ0n) is 11.2. The van der Waals surface area contributed by atoms with E-state index in [0.29, 0.717) is 5.75 Å². The highest BCUT2D eigenvalue weighted by molar-refractivity contribution is 5.72. The van der Waals surface area contributed by atoms with E-state index < -0.39 is 0 Å². The van der Waals surface area contributed by atoms with Crippen LogP contribution >= 0.6 is 0 Å².